The lowest BCUT2D eigenvalue weighted by Gasteiger charge is -2.36. The number of carbonyl (C=O) groups excluding carboxylic acids is 1. The van der Waals surface area contributed by atoms with E-state index in [0.717, 1.165) is 30.7 Å². The fourth-order valence-electron chi connectivity index (χ4n) is 2.97. The number of nitrogens with zero attached hydrogens (tertiary/aromatic N) is 3. The monoisotopic (exact) mass is 432 g/mol. The number of piperazine rings is 1. The topological polar surface area (TPSA) is 47.9 Å². The quantitative estimate of drug-likeness (QED) is 0.562. The van der Waals surface area contributed by atoms with E-state index in [1.54, 1.807) is 12.1 Å². The minimum Gasteiger partial charge on any atom is -0.369 e. The molecule has 7 heteroatoms. The highest BCUT2D eigenvalue weighted by molar-refractivity contribution is 9.10. The molecule has 27 heavy (non-hydrogen) atoms. The first-order valence-corrected chi connectivity index (χ1v) is 9.70. The molecule has 0 saturated carbocycles. The zero-order chi connectivity index (χ0) is 19.1. The minimum atomic E-state index is -0.382. The third-order valence-corrected chi connectivity index (χ3v) is 4.99. The smallest absolute Gasteiger partial charge is 0.241 e. The molecule has 0 aliphatic carbocycles. The van der Waals surface area contributed by atoms with Crippen molar-refractivity contribution >= 4 is 33.7 Å². The molecule has 0 bridgehead atoms. The fraction of sp³-hybridized carbons (Fsp3) is 0.300. The summed E-state index contributed by atoms with van der Waals surface area (Å²) in [7, 11) is 0. The summed E-state index contributed by atoms with van der Waals surface area (Å²) in [6, 6.07) is 14.9. The summed E-state index contributed by atoms with van der Waals surface area (Å²) in [4.78, 5) is 16.6. The van der Waals surface area contributed by atoms with Gasteiger partial charge in [-0.05, 0) is 30.3 Å². The fourth-order valence-corrected chi connectivity index (χ4v) is 3.35. The van der Waals surface area contributed by atoms with Crippen LogP contribution in [0.3, 0.4) is 0 Å². The molecule has 0 aromatic heterocycles. The molecule has 2 aromatic carbocycles. The van der Waals surface area contributed by atoms with Gasteiger partial charge in [0.05, 0.1) is 6.21 Å². The number of carbonyl (C=O) groups is 1. The van der Waals surface area contributed by atoms with E-state index < -0.39 is 0 Å². The van der Waals surface area contributed by atoms with Crippen molar-refractivity contribution in [2.75, 3.05) is 37.6 Å². The van der Waals surface area contributed by atoms with Gasteiger partial charge in [0.15, 0.2) is 0 Å². The predicted octanol–water partition coefficient (Wildman–Crippen LogP) is 3.25. The average Bonchev–Trinajstić information content (AvgIpc) is 2.70. The molecule has 142 valence electrons. The van der Waals surface area contributed by atoms with Crippen LogP contribution in [0.4, 0.5) is 10.1 Å². The third-order valence-electron chi connectivity index (χ3n) is 4.50. The van der Waals surface area contributed by atoms with E-state index in [1.807, 2.05) is 18.2 Å². The molecule has 1 saturated heterocycles. The van der Waals surface area contributed by atoms with Crippen molar-refractivity contribution in [3.05, 3.63) is 64.4 Å². The summed E-state index contributed by atoms with van der Waals surface area (Å²) in [5, 5.41) is 3.85. The maximum atomic E-state index is 13.6. The van der Waals surface area contributed by atoms with E-state index in [1.165, 1.54) is 18.0 Å². The van der Waals surface area contributed by atoms with Crippen LogP contribution in [-0.4, -0.2) is 49.7 Å². The van der Waals surface area contributed by atoms with Gasteiger partial charge in [0.25, 0.3) is 0 Å². The third kappa shape index (κ3) is 5.87. The highest BCUT2D eigenvalue weighted by Gasteiger charge is 2.17. The molecule has 1 aliphatic rings. The zero-order valence-electron chi connectivity index (χ0n) is 14.9. The summed E-state index contributed by atoms with van der Waals surface area (Å²) in [6.45, 7) is 4.44. The second-order valence-corrected chi connectivity index (χ2v) is 7.29. The molecule has 1 heterocycles. The van der Waals surface area contributed by atoms with E-state index in [0.29, 0.717) is 18.5 Å². The van der Waals surface area contributed by atoms with E-state index >= 15 is 0 Å². The van der Waals surface area contributed by atoms with E-state index in [9.17, 15) is 9.18 Å². The Bertz CT molecular complexity index is 792. The van der Waals surface area contributed by atoms with Gasteiger partial charge < -0.3 is 4.90 Å². The Kier molecular flexibility index (Phi) is 6.95. The molecule has 5 nitrogen and oxygen atoms in total. The highest BCUT2D eigenvalue weighted by Crippen LogP contribution is 2.16. The lowest BCUT2D eigenvalue weighted by atomic mass is 10.2. The number of benzene rings is 2. The Labute approximate surface area is 167 Å². The molecule has 1 amide bonds. The van der Waals surface area contributed by atoms with Gasteiger partial charge in [0.1, 0.15) is 5.82 Å². The number of nitrogens with one attached hydrogen (secondary N) is 1. The average molecular weight is 433 g/mol. The Morgan fingerprint density at radius 2 is 1.89 bits per heavy atom. The summed E-state index contributed by atoms with van der Waals surface area (Å²) >= 11 is 3.28. The normalized spacial score (nSPS) is 15.3. The molecule has 0 atom stereocenters. The number of hydrogen-bond acceptors (Lipinski definition) is 4. The molecule has 2 aromatic rings. The van der Waals surface area contributed by atoms with E-state index in [-0.39, 0.29) is 11.7 Å². The van der Waals surface area contributed by atoms with Gasteiger partial charge >= 0.3 is 0 Å². The Balaban J connectivity index is 1.38. The van der Waals surface area contributed by atoms with Crippen LogP contribution < -0.4 is 10.3 Å². The van der Waals surface area contributed by atoms with Crippen molar-refractivity contribution in [1.82, 2.24) is 10.3 Å². The maximum absolute atomic E-state index is 13.6. The highest BCUT2D eigenvalue weighted by atomic mass is 79.9. The molecular weight excluding hydrogens is 411 g/mol. The second-order valence-electron chi connectivity index (χ2n) is 6.37. The van der Waals surface area contributed by atoms with Crippen molar-refractivity contribution < 1.29 is 9.18 Å². The number of anilines is 1. The van der Waals surface area contributed by atoms with Crippen LogP contribution in [0.5, 0.6) is 0 Å². The summed E-state index contributed by atoms with van der Waals surface area (Å²) < 4.78 is 14.4. The van der Waals surface area contributed by atoms with Crippen molar-refractivity contribution in [1.29, 1.82) is 0 Å². The van der Waals surface area contributed by atoms with Gasteiger partial charge in [-0.3, -0.25) is 9.69 Å². The van der Waals surface area contributed by atoms with Gasteiger partial charge in [-0.15, -0.1) is 0 Å². The van der Waals surface area contributed by atoms with Crippen LogP contribution in [0.2, 0.25) is 0 Å². The first-order valence-electron chi connectivity index (χ1n) is 8.91. The standard InChI is InChI=1S/C20H22BrFN4O/c21-17-6-7-19(22)16(14-17)15-23-24-20(27)8-9-25-10-12-26(13-11-25)18-4-2-1-3-5-18/h1-7,14-15H,8-13H2,(H,24,27)/b23-15+. The first-order chi connectivity index (χ1) is 13.1. The SMILES string of the molecule is O=C(CCN1CCN(c2ccccc2)CC1)N/N=C/c1cc(Br)ccc1F. The van der Waals surface area contributed by atoms with Crippen LogP contribution in [0, 0.1) is 5.82 Å². The second kappa shape index (κ2) is 9.62. The number of hydrogen-bond donors (Lipinski definition) is 1. The van der Waals surface area contributed by atoms with Gasteiger partial charge in [0, 0.05) is 54.9 Å². The lowest BCUT2D eigenvalue weighted by Crippen LogP contribution is -2.47. The van der Waals surface area contributed by atoms with Crippen molar-refractivity contribution in [2.24, 2.45) is 5.10 Å². The van der Waals surface area contributed by atoms with Crippen LogP contribution in [0.25, 0.3) is 0 Å². The minimum absolute atomic E-state index is 0.174. The molecule has 0 unspecified atom stereocenters. The largest absolute Gasteiger partial charge is 0.369 e. The Morgan fingerprint density at radius 3 is 2.63 bits per heavy atom. The molecule has 1 aliphatic heterocycles. The number of rotatable bonds is 6. The van der Waals surface area contributed by atoms with Crippen LogP contribution in [-0.2, 0) is 4.79 Å². The van der Waals surface area contributed by atoms with Gasteiger partial charge in [-0.1, -0.05) is 34.1 Å². The first kappa shape index (κ1) is 19.5. The summed E-state index contributed by atoms with van der Waals surface area (Å²) in [5.74, 6) is -0.556. The van der Waals surface area contributed by atoms with Crippen LogP contribution >= 0.6 is 15.9 Å². The summed E-state index contributed by atoms with van der Waals surface area (Å²) in [6.07, 6.45) is 1.68. The molecule has 1 fully saturated rings. The van der Waals surface area contributed by atoms with Gasteiger partial charge in [0.2, 0.25) is 5.91 Å². The maximum Gasteiger partial charge on any atom is 0.241 e. The zero-order valence-corrected chi connectivity index (χ0v) is 16.5. The Hall–Kier alpha value is -2.25. The van der Waals surface area contributed by atoms with E-state index in [4.69, 9.17) is 0 Å². The van der Waals surface area contributed by atoms with Gasteiger partial charge in [-0.25, -0.2) is 9.82 Å². The number of halogens is 2. The lowest BCUT2D eigenvalue weighted by molar-refractivity contribution is -0.121. The molecule has 0 radical (unpaired) electrons. The Morgan fingerprint density at radius 1 is 1.15 bits per heavy atom. The van der Waals surface area contributed by atoms with Crippen LogP contribution in [0.1, 0.15) is 12.0 Å². The van der Waals surface area contributed by atoms with Crippen molar-refractivity contribution in [3.63, 3.8) is 0 Å². The van der Waals surface area contributed by atoms with Crippen molar-refractivity contribution in [3.8, 4) is 0 Å². The number of para-hydroxylation sites is 1. The summed E-state index contributed by atoms with van der Waals surface area (Å²) in [5.41, 5.74) is 4.02. The molecule has 1 N–H and O–H groups in total. The van der Waals surface area contributed by atoms with E-state index in [2.05, 4.69) is 48.4 Å². The molecular formula is C20H22BrFN4O. The molecule has 0 spiro atoms. The van der Waals surface area contributed by atoms with Gasteiger partial charge in [-0.2, -0.15) is 5.10 Å². The van der Waals surface area contributed by atoms with Crippen LogP contribution in [0.15, 0.2) is 58.1 Å². The van der Waals surface area contributed by atoms with Crippen molar-refractivity contribution in [2.45, 2.75) is 6.42 Å². The number of hydrazone groups is 1. The molecule has 3 rings (SSSR count). The predicted molar refractivity (Wildman–Crippen MR) is 110 cm³/mol. The number of amides is 1.